The largest absolute Gasteiger partial charge is 0.380 e. The van der Waals surface area contributed by atoms with Gasteiger partial charge in [-0.15, -0.1) is 0 Å². The molecule has 1 aromatic heterocycles. The van der Waals surface area contributed by atoms with E-state index in [1.54, 1.807) is 7.11 Å². The fourth-order valence-corrected chi connectivity index (χ4v) is 1.92. The Morgan fingerprint density at radius 2 is 2.05 bits per heavy atom. The summed E-state index contributed by atoms with van der Waals surface area (Å²) in [5.74, 6) is 0.761. The van der Waals surface area contributed by atoms with Crippen LogP contribution in [-0.2, 0) is 17.9 Å². The fourth-order valence-electron chi connectivity index (χ4n) is 1.79. The van der Waals surface area contributed by atoms with E-state index in [2.05, 4.69) is 27.4 Å². The van der Waals surface area contributed by atoms with Gasteiger partial charge in [-0.25, -0.2) is 9.97 Å². The Morgan fingerprint density at radius 3 is 2.84 bits per heavy atom. The number of hydrogen-bond acceptors (Lipinski definition) is 4. The van der Waals surface area contributed by atoms with E-state index >= 15 is 0 Å². The molecule has 0 aliphatic carbocycles. The predicted octanol–water partition coefficient (Wildman–Crippen LogP) is 3.20. The highest BCUT2D eigenvalue weighted by molar-refractivity contribution is 6.30. The minimum Gasteiger partial charge on any atom is -0.380 e. The van der Waals surface area contributed by atoms with Gasteiger partial charge in [0.1, 0.15) is 17.3 Å². The monoisotopic (exact) mass is 277 g/mol. The molecule has 1 heterocycles. The van der Waals surface area contributed by atoms with E-state index in [4.69, 9.17) is 16.3 Å². The van der Waals surface area contributed by atoms with E-state index in [-0.39, 0.29) is 0 Å². The molecule has 0 atom stereocenters. The van der Waals surface area contributed by atoms with Gasteiger partial charge in [-0.05, 0) is 18.1 Å². The van der Waals surface area contributed by atoms with Gasteiger partial charge in [0, 0.05) is 19.2 Å². The first-order chi connectivity index (χ1) is 9.20. The van der Waals surface area contributed by atoms with Crippen molar-refractivity contribution in [3.63, 3.8) is 0 Å². The summed E-state index contributed by atoms with van der Waals surface area (Å²) in [4.78, 5) is 8.11. The number of nitrogens with zero attached hydrogens (tertiary/aromatic N) is 2. The second-order valence-electron chi connectivity index (χ2n) is 4.24. The number of nitrogens with one attached hydrogen (secondary N) is 1. The lowest BCUT2D eigenvalue weighted by molar-refractivity contribution is 0.185. The van der Waals surface area contributed by atoms with Crippen molar-refractivity contribution in [3.05, 3.63) is 52.4 Å². The van der Waals surface area contributed by atoms with Gasteiger partial charge in [-0.2, -0.15) is 0 Å². The molecule has 19 heavy (non-hydrogen) atoms. The molecule has 0 aliphatic heterocycles. The minimum atomic E-state index is 0.477. The van der Waals surface area contributed by atoms with Gasteiger partial charge in [0.15, 0.2) is 0 Å². The number of methoxy groups -OCH3 is 1. The number of halogens is 1. The van der Waals surface area contributed by atoms with E-state index in [1.165, 1.54) is 11.9 Å². The zero-order valence-electron chi connectivity index (χ0n) is 11.0. The maximum atomic E-state index is 5.95. The zero-order chi connectivity index (χ0) is 13.7. The molecule has 1 aromatic carbocycles. The SMILES string of the molecule is COCc1cccc(CNc2ncnc(Cl)c2C)c1. The number of anilines is 1. The molecule has 0 saturated carbocycles. The van der Waals surface area contributed by atoms with Crippen molar-refractivity contribution in [1.82, 2.24) is 9.97 Å². The highest BCUT2D eigenvalue weighted by Gasteiger charge is 2.04. The summed E-state index contributed by atoms with van der Waals surface area (Å²) in [7, 11) is 1.69. The number of ether oxygens (including phenoxy) is 1. The lowest BCUT2D eigenvalue weighted by Crippen LogP contribution is -2.04. The van der Waals surface area contributed by atoms with E-state index < -0.39 is 0 Å². The summed E-state index contributed by atoms with van der Waals surface area (Å²) in [6.07, 6.45) is 1.46. The second kappa shape index (κ2) is 6.50. The fraction of sp³-hybridized carbons (Fsp3) is 0.286. The maximum absolute atomic E-state index is 5.95. The van der Waals surface area contributed by atoms with Crippen LogP contribution in [0.15, 0.2) is 30.6 Å². The lowest BCUT2D eigenvalue weighted by Gasteiger charge is -2.09. The smallest absolute Gasteiger partial charge is 0.137 e. The number of benzene rings is 1. The van der Waals surface area contributed by atoms with Crippen molar-refractivity contribution in [3.8, 4) is 0 Å². The Morgan fingerprint density at radius 1 is 1.26 bits per heavy atom. The second-order valence-corrected chi connectivity index (χ2v) is 4.60. The molecular formula is C14H16ClN3O. The van der Waals surface area contributed by atoms with Crippen LogP contribution in [0.4, 0.5) is 5.82 Å². The third-order valence-electron chi connectivity index (χ3n) is 2.78. The molecule has 2 aromatic rings. The molecule has 2 rings (SSSR count). The number of hydrogen-bond donors (Lipinski definition) is 1. The molecule has 100 valence electrons. The molecule has 0 amide bonds. The van der Waals surface area contributed by atoms with Gasteiger partial charge in [-0.3, -0.25) is 0 Å². The average molecular weight is 278 g/mol. The van der Waals surface area contributed by atoms with E-state index in [9.17, 15) is 0 Å². The molecule has 0 unspecified atom stereocenters. The summed E-state index contributed by atoms with van der Waals surface area (Å²) in [6, 6.07) is 8.23. The Hall–Kier alpha value is -1.65. The van der Waals surface area contributed by atoms with Crippen molar-refractivity contribution in [2.24, 2.45) is 0 Å². The highest BCUT2D eigenvalue weighted by atomic mass is 35.5. The van der Waals surface area contributed by atoms with Crippen molar-refractivity contribution in [1.29, 1.82) is 0 Å². The molecule has 0 spiro atoms. The molecule has 0 radical (unpaired) electrons. The molecule has 0 saturated heterocycles. The minimum absolute atomic E-state index is 0.477. The predicted molar refractivity (Wildman–Crippen MR) is 76.3 cm³/mol. The van der Waals surface area contributed by atoms with Crippen molar-refractivity contribution in [2.45, 2.75) is 20.1 Å². The summed E-state index contributed by atoms with van der Waals surface area (Å²) < 4.78 is 5.12. The first-order valence-electron chi connectivity index (χ1n) is 5.98. The maximum Gasteiger partial charge on any atom is 0.137 e. The first-order valence-corrected chi connectivity index (χ1v) is 6.36. The quantitative estimate of drug-likeness (QED) is 0.853. The van der Waals surface area contributed by atoms with Crippen LogP contribution in [0, 0.1) is 6.92 Å². The van der Waals surface area contributed by atoms with Gasteiger partial charge in [0.25, 0.3) is 0 Å². The first kappa shape index (κ1) is 13.8. The van der Waals surface area contributed by atoms with Crippen LogP contribution in [0.3, 0.4) is 0 Å². The van der Waals surface area contributed by atoms with Crippen LogP contribution in [0.2, 0.25) is 5.15 Å². The average Bonchev–Trinajstić information content (AvgIpc) is 2.41. The van der Waals surface area contributed by atoms with Gasteiger partial charge >= 0.3 is 0 Å². The van der Waals surface area contributed by atoms with Crippen molar-refractivity contribution in [2.75, 3.05) is 12.4 Å². The van der Waals surface area contributed by atoms with Crippen molar-refractivity contribution >= 4 is 17.4 Å². The van der Waals surface area contributed by atoms with Gasteiger partial charge in [0.2, 0.25) is 0 Å². The lowest BCUT2D eigenvalue weighted by atomic mass is 10.1. The topological polar surface area (TPSA) is 47.0 Å². The Balaban J connectivity index is 2.06. The van der Waals surface area contributed by atoms with Gasteiger partial charge in [0.05, 0.1) is 6.61 Å². The molecule has 0 fully saturated rings. The third kappa shape index (κ3) is 3.66. The van der Waals surface area contributed by atoms with E-state index in [0.29, 0.717) is 18.3 Å². The van der Waals surface area contributed by atoms with Gasteiger partial charge in [-0.1, -0.05) is 35.9 Å². The summed E-state index contributed by atoms with van der Waals surface area (Å²) in [5.41, 5.74) is 3.18. The molecule has 5 heteroatoms. The Kier molecular flexibility index (Phi) is 4.71. The van der Waals surface area contributed by atoms with Crippen LogP contribution in [0.1, 0.15) is 16.7 Å². The molecular weight excluding hydrogens is 262 g/mol. The highest BCUT2D eigenvalue weighted by Crippen LogP contribution is 2.18. The standard InChI is InChI=1S/C14H16ClN3O/c1-10-13(15)17-9-18-14(10)16-7-11-4-3-5-12(6-11)8-19-2/h3-6,9H,7-8H2,1-2H3,(H,16,17,18). The van der Waals surface area contributed by atoms with Crippen LogP contribution < -0.4 is 5.32 Å². The van der Waals surface area contributed by atoms with E-state index in [1.807, 2.05) is 19.1 Å². The normalized spacial score (nSPS) is 10.5. The van der Waals surface area contributed by atoms with Crippen LogP contribution in [-0.4, -0.2) is 17.1 Å². The van der Waals surface area contributed by atoms with Crippen LogP contribution in [0.25, 0.3) is 0 Å². The van der Waals surface area contributed by atoms with Crippen molar-refractivity contribution < 1.29 is 4.74 Å². The molecule has 0 bridgehead atoms. The summed E-state index contributed by atoms with van der Waals surface area (Å²) in [6.45, 7) is 3.20. The Bertz CT molecular complexity index is 560. The molecule has 0 aliphatic rings. The Labute approximate surface area is 117 Å². The van der Waals surface area contributed by atoms with Gasteiger partial charge < -0.3 is 10.1 Å². The zero-order valence-corrected chi connectivity index (χ0v) is 11.7. The van der Waals surface area contributed by atoms with Crippen LogP contribution >= 0.6 is 11.6 Å². The third-order valence-corrected chi connectivity index (χ3v) is 3.17. The molecule has 4 nitrogen and oxygen atoms in total. The number of rotatable bonds is 5. The number of aromatic nitrogens is 2. The molecule has 1 N–H and O–H groups in total. The summed E-state index contributed by atoms with van der Waals surface area (Å²) in [5, 5.41) is 3.74. The summed E-state index contributed by atoms with van der Waals surface area (Å²) >= 11 is 5.95. The van der Waals surface area contributed by atoms with Crippen LogP contribution in [0.5, 0.6) is 0 Å². The van der Waals surface area contributed by atoms with E-state index in [0.717, 1.165) is 16.9 Å².